The third-order valence-electron chi connectivity index (χ3n) is 3.18. The van der Waals surface area contributed by atoms with Crippen LogP contribution in [0.1, 0.15) is 5.56 Å². The summed E-state index contributed by atoms with van der Waals surface area (Å²) in [6.07, 6.45) is 1.80. The first kappa shape index (κ1) is 11.6. The second-order valence-electron chi connectivity index (χ2n) is 4.40. The van der Waals surface area contributed by atoms with Crippen LogP contribution in [0, 0.1) is 6.92 Å². The molecule has 0 spiro atoms. The molecular weight excluding hydrogens is 240 g/mol. The lowest BCUT2D eigenvalue weighted by atomic mass is 10.1. The fourth-order valence-electron chi connectivity index (χ4n) is 2.13. The van der Waals surface area contributed by atoms with Gasteiger partial charge in [0.1, 0.15) is 17.1 Å². The summed E-state index contributed by atoms with van der Waals surface area (Å²) in [4.78, 5) is 4.51. The molecule has 0 unspecified atom stereocenters. The van der Waals surface area contributed by atoms with Crippen LogP contribution in [-0.2, 0) is 0 Å². The van der Waals surface area contributed by atoms with Crippen molar-refractivity contribution >= 4 is 5.65 Å². The molecule has 1 aromatic carbocycles. The van der Waals surface area contributed by atoms with Crippen LogP contribution in [0.5, 0.6) is 11.6 Å². The molecule has 0 atom stereocenters. The number of hydrogen-bond acceptors (Lipinski definition) is 3. The summed E-state index contributed by atoms with van der Waals surface area (Å²) >= 11 is 0. The molecule has 0 bridgehead atoms. The Balaban J connectivity index is 2.19. The van der Waals surface area contributed by atoms with E-state index in [2.05, 4.69) is 4.98 Å². The normalized spacial score (nSPS) is 10.8. The summed E-state index contributed by atoms with van der Waals surface area (Å²) in [5.41, 5.74) is 3.24. The van der Waals surface area contributed by atoms with Gasteiger partial charge in [-0.3, -0.25) is 4.40 Å². The van der Waals surface area contributed by atoms with Gasteiger partial charge in [-0.1, -0.05) is 6.07 Å². The van der Waals surface area contributed by atoms with Crippen LogP contribution >= 0.6 is 0 Å². The maximum absolute atomic E-state index is 10.3. The van der Waals surface area contributed by atoms with Gasteiger partial charge in [-0.2, -0.15) is 0 Å². The van der Waals surface area contributed by atoms with E-state index in [-0.39, 0.29) is 5.88 Å². The Labute approximate surface area is 110 Å². The minimum absolute atomic E-state index is 0.156. The summed E-state index contributed by atoms with van der Waals surface area (Å²) in [5.74, 6) is 0.937. The molecule has 0 saturated heterocycles. The summed E-state index contributed by atoms with van der Waals surface area (Å²) in [6.45, 7) is 1.97. The molecule has 0 aliphatic carbocycles. The van der Waals surface area contributed by atoms with Crippen LogP contribution in [0.2, 0.25) is 0 Å². The van der Waals surface area contributed by atoms with E-state index < -0.39 is 0 Å². The molecule has 96 valence electrons. The van der Waals surface area contributed by atoms with Crippen LogP contribution in [0.3, 0.4) is 0 Å². The molecule has 2 aromatic heterocycles. The molecule has 0 fully saturated rings. The van der Waals surface area contributed by atoms with Crippen molar-refractivity contribution in [2.24, 2.45) is 0 Å². The molecule has 4 heteroatoms. The number of pyridine rings is 1. The molecule has 0 saturated carbocycles. The zero-order valence-corrected chi connectivity index (χ0v) is 10.8. The topological polar surface area (TPSA) is 46.8 Å². The van der Waals surface area contributed by atoms with Gasteiger partial charge in [0.15, 0.2) is 0 Å². The molecule has 2 heterocycles. The van der Waals surface area contributed by atoms with Crippen molar-refractivity contribution in [2.45, 2.75) is 6.92 Å². The molecular formula is C15H14N2O2. The van der Waals surface area contributed by atoms with Crippen LogP contribution < -0.4 is 4.74 Å². The first-order chi connectivity index (χ1) is 9.20. The average Bonchev–Trinajstić information content (AvgIpc) is 2.78. The number of hydrogen-bond donors (Lipinski definition) is 1. The van der Waals surface area contributed by atoms with E-state index in [0.717, 1.165) is 22.5 Å². The molecule has 1 N–H and O–H groups in total. The maximum Gasteiger partial charge on any atom is 0.224 e. The number of imidazole rings is 1. The van der Waals surface area contributed by atoms with Crippen molar-refractivity contribution in [3.63, 3.8) is 0 Å². The van der Waals surface area contributed by atoms with Gasteiger partial charge in [-0.05, 0) is 42.8 Å². The second-order valence-corrected chi connectivity index (χ2v) is 4.40. The van der Waals surface area contributed by atoms with Crippen molar-refractivity contribution in [1.29, 1.82) is 0 Å². The Morgan fingerprint density at radius 1 is 1.16 bits per heavy atom. The van der Waals surface area contributed by atoms with Gasteiger partial charge in [0.25, 0.3) is 0 Å². The van der Waals surface area contributed by atoms with Gasteiger partial charge in [0.2, 0.25) is 5.88 Å². The van der Waals surface area contributed by atoms with Crippen LogP contribution in [0.4, 0.5) is 0 Å². The van der Waals surface area contributed by atoms with Gasteiger partial charge < -0.3 is 9.84 Å². The van der Waals surface area contributed by atoms with Crippen molar-refractivity contribution in [1.82, 2.24) is 9.38 Å². The Morgan fingerprint density at radius 2 is 1.89 bits per heavy atom. The highest BCUT2D eigenvalue weighted by molar-refractivity contribution is 5.70. The lowest BCUT2D eigenvalue weighted by Crippen LogP contribution is -1.85. The van der Waals surface area contributed by atoms with Crippen molar-refractivity contribution in [2.75, 3.05) is 7.11 Å². The molecule has 3 aromatic rings. The van der Waals surface area contributed by atoms with E-state index in [1.807, 2.05) is 43.3 Å². The first-order valence-electron chi connectivity index (χ1n) is 6.02. The van der Waals surface area contributed by atoms with Gasteiger partial charge in [0.05, 0.1) is 7.11 Å². The number of ether oxygens (including phenoxy) is 1. The highest BCUT2D eigenvalue weighted by Crippen LogP contribution is 2.31. The van der Waals surface area contributed by atoms with E-state index in [1.54, 1.807) is 17.7 Å². The minimum atomic E-state index is 0.156. The Morgan fingerprint density at radius 3 is 2.53 bits per heavy atom. The van der Waals surface area contributed by atoms with Crippen LogP contribution in [0.15, 0.2) is 42.6 Å². The largest absolute Gasteiger partial charge is 0.497 e. The molecule has 0 amide bonds. The zero-order chi connectivity index (χ0) is 13.4. The molecule has 0 radical (unpaired) electrons. The highest BCUT2D eigenvalue weighted by Gasteiger charge is 2.13. The number of fused-ring (bicyclic) bond motifs is 1. The summed E-state index contributed by atoms with van der Waals surface area (Å²) in [6, 6.07) is 11.3. The summed E-state index contributed by atoms with van der Waals surface area (Å²) in [7, 11) is 1.63. The van der Waals surface area contributed by atoms with Gasteiger partial charge in [-0.15, -0.1) is 0 Å². The summed E-state index contributed by atoms with van der Waals surface area (Å²) in [5, 5.41) is 10.3. The van der Waals surface area contributed by atoms with Crippen molar-refractivity contribution < 1.29 is 9.84 Å². The Kier molecular flexibility index (Phi) is 2.63. The third kappa shape index (κ3) is 1.81. The van der Waals surface area contributed by atoms with E-state index in [9.17, 15) is 5.11 Å². The maximum atomic E-state index is 10.3. The fourth-order valence-corrected chi connectivity index (χ4v) is 2.13. The van der Waals surface area contributed by atoms with Gasteiger partial charge in [0, 0.05) is 11.8 Å². The lowest BCUT2D eigenvalue weighted by molar-refractivity contribution is 0.415. The predicted molar refractivity (Wildman–Crippen MR) is 73.6 cm³/mol. The quantitative estimate of drug-likeness (QED) is 0.764. The standard InChI is InChI=1S/C15H14N2O2/c1-10-4-3-9-17-14(10)16-13(15(17)18)11-5-7-12(19-2)8-6-11/h3-9,18H,1-2H3. The number of methoxy groups -OCH3 is 1. The average molecular weight is 254 g/mol. The number of aryl methyl sites for hydroxylation is 1. The number of rotatable bonds is 2. The number of aromatic hydroxyl groups is 1. The number of nitrogens with zero attached hydrogens (tertiary/aromatic N) is 2. The molecule has 19 heavy (non-hydrogen) atoms. The molecule has 0 aliphatic heterocycles. The smallest absolute Gasteiger partial charge is 0.224 e. The third-order valence-corrected chi connectivity index (χ3v) is 3.18. The van der Waals surface area contributed by atoms with E-state index in [1.165, 1.54) is 0 Å². The molecule has 0 aliphatic rings. The second kappa shape index (κ2) is 4.31. The van der Waals surface area contributed by atoms with Gasteiger partial charge >= 0.3 is 0 Å². The Bertz CT molecular complexity index is 730. The highest BCUT2D eigenvalue weighted by atomic mass is 16.5. The first-order valence-corrected chi connectivity index (χ1v) is 6.02. The monoisotopic (exact) mass is 254 g/mol. The predicted octanol–water partition coefficient (Wildman–Crippen LogP) is 3.02. The van der Waals surface area contributed by atoms with Crippen LogP contribution in [-0.4, -0.2) is 21.6 Å². The number of aromatic nitrogens is 2. The molecule has 4 nitrogen and oxygen atoms in total. The van der Waals surface area contributed by atoms with Crippen molar-refractivity contribution in [3.8, 4) is 22.9 Å². The Hall–Kier alpha value is -2.49. The summed E-state index contributed by atoms with van der Waals surface area (Å²) < 4.78 is 6.81. The fraction of sp³-hybridized carbons (Fsp3) is 0.133. The van der Waals surface area contributed by atoms with E-state index in [0.29, 0.717) is 5.69 Å². The van der Waals surface area contributed by atoms with Crippen LogP contribution in [0.25, 0.3) is 16.9 Å². The SMILES string of the molecule is COc1ccc(-c2nc3c(C)cccn3c2O)cc1. The van der Waals surface area contributed by atoms with Gasteiger partial charge in [-0.25, -0.2) is 4.98 Å². The minimum Gasteiger partial charge on any atom is -0.497 e. The lowest BCUT2D eigenvalue weighted by Gasteiger charge is -2.01. The van der Waals surface area contributed by atoms with Crippen molar-refractivity contribution in [3.05, 3.63) is 48.2 Å². The number of benzene rings is 1. The van der Waals surface area contributed by atoms with E-state index >= 15 is 0 Å². The zero-order valence-electron chi connectivity index (χ0n) is 10.8. The van der Waals surface area contributed by atoms with E-state index in [4.69, 9.17) is 4.74 Å². The molecule has 3 rings (SSSR count).